The molecule has 3 rings (SSSR count). The fourth-order valence-electron chi connectivity index (χ4n) is 3.10. The summed E-state index contributed by atoms with van der Waals surface area (Å²) in [6.07, 6.45) is 1.81. The Morgan fingerprint density at radius 2 is 2.04 bits per heavy atom. The Bertz CT molecular complexity index is 675. The zero-order valence-electron chi connectivity index (χ0n) is 16.8. The van der Waals surface area contributed by atoms with E-state index in [4.69, 9.17) is 13.6 Å². The van der Waals surface area contributed by atoms with Crippen LogP contribution in [0.1, 0.15) is 27.2 Å². The first kappa shape index (κ1) is 20.1. The lowest BCUT2D eigenvalue weighted by Crippen LogP contribution is -2.46. The van der Waals surface area contributed by atoms with E-state index in [0.717, 1.165) is 19.5 Å². The molecule has 2 aliphatic rings. The first-order chi connectivity index (χ1) is 12.6. The van der Waals surface area contributed by atoms with Gasteiger partial charge in [0.25, 0.3) is 6.01 Å². The van der Waals surface area contributed by atoms with E-state index in [2.05, 4.69) is 43.7 Å². The second-order valence-corrected chi connectivity index (χ2v) is 13.5. The maximum absolute atomic E-state index is 11.0. The predicted octanol–water partition coefficient (Wildman–Crippen LogP) is 2.71. The SMILES string of the molecule is CC(C)(C)[Si](C)(C)OC1CCN(c2cnc(N3CCOC([N+](=O)[O-])C3)o2)C1. The summed E-state index contributed by atoms with van der Waals surface area (Å²) in [5.41, 5.74) is 0. The molecule has 152 valence electrons. The van der Waals surface area contributed by atoms with Crippen LogP contribution in [-0.4, -0.2) is 63.3 Å². The smallest absolute Gasteiger partial charge is 0.333 e. The van der Waals surface area contributed by atoms with Crippen molar-refractivity contribution in [1.82, 2.24) is 4.98 Å². The van der Waals surface area contributed by atoms with Crippen LogP contribution in [0.2, 0.25) is 18.1 Å². The highest BCUT2D eigenvalue weighted by molar-refractivity contribution is 6.74. The summed E-state index contributed by atoms with van der Waals surface area (Å²) in [6, 6.07) is 0.411. The van der Waals surface area contributed by atoms with Crippen LogP contribution >= 0.6 is 0 Å². The van der Waals surface area contributed by atoms with Crippen molar-refractivity contribution >= 4 is 20.2 Å². The Morgan fingerprint density at radius 1 is 1.30 bits per heavy atom. The third-order valence-electron chi connectivity index (χ3n) is 5.76. The van der Waals surface area contributed by atoms with Crippen molar-refractivity contribution in [2.75, 3.05) is 42.6 Å². The number of rotatable bonds is 5. The number of oxazole rings is 1. The predicted molar refractivity (Wildman–Crippen MR) is 104 cm³/mol. The minimum absolute atomic E-state index is 0.143. The molecule has 2 unspecified atom stereocenters. The molecule has 2 aliphatic heterocycles. The molecule has 2 saturated heterocycles. The molecule has 10 heteroatoms. The molecule has 27 heavy (non-hydrogen) atoms. The standard InChI is InChI=1S/C17H30N4O5Si/c1-17(2,3)27(4,5)26-13-6-7-19(11-13)14-10-18-16(25-14)20-8-9-24-15(12-20)21(22)23/h10,13,15H,6-9,11-12H2,1-5H3. The van der Waals surface area contributed by atoms with Crippen LogP contribution in [0.5, 0.6) is 0 Å². The molecule has 0 N–H and O–H groups in total. The number of morpholine rings is 1. The van der Waals surface area contributed by atoms with Crippen molar-refractivity contribution < 1.29 is 18.5 Å². The van der Waals surface area contributed by atoms with E-state index in [1.165, 1.54) is 0 Å². The second-order valence-electron chi connectivity index (χ2n) is 8.77. The Morgan fingerprint density at radius 3 is 2.70 bits per heavy atom. The first-order valence-electron chi connectivity index (χ1n) is 9.45. The van der Waals surface area contributed by atoms with E-state index in [-0.39, 0.29) is 24.3 Å². The monoisotopic (exact) mass is 398 g/mol. The van der Waals surface area contributed by atoms with Crippen LogP contribution in [0.4, 0.5) is 11.9 Å². The molecule has 0 amide bonds. The summed E-state index contributed by atoms with van der Waals surface area (Å²) in [5.74, 6) is 0.690. The fraction of sp³-hybridized carbons (Fsp3) is 0.824. The second kappa shape index (κ2) is 7.40. The molecule has 1 aromatic rings. The number of hydrogen-bond donors (Lipinski definition) is 0. The van der Waals surface area contributed by atoms with Gasteiger partial charge in [0.1, 0.15) is 6.54 Å². The van der Waals surface area contributed by atoms with E-state index >= 15 is 0 Å². The summed E-state index contributed by atoms with van der Waals surface area (Å²) in [6.45, 7) is 13.9. The van der Waals surface area contributed by atoms with Crippen LogP contribution in [0, 0.1) is 10.1 Å². The Kier molecular flexibility index (Phi) is 5.51. The number of hydrogen-bond acceptors (Lipinski definition) is 8. The van der Waals surface area contributed by atoms with Gasteiger partial charge in [-0.25, -0.2) is 0 Å². The molecule has 9 nitrogen and oxygen atoms in total. The van der Waals surface area contributed by atoms with Gasteiger partial charge in [-0.05, 0) is 24.6 Å². The van der Waals surface area contributed by atoms with Gasteiger partial charge in [0.15, 0.2) is 8.32 Å². The largest absolute Gasteiger partial charge is 0.412 e. The molecule has 0 radical (unpaired) electrons. The number of ether oxygens (including phenoxy) is 1. The minimum Gasteiger partial charge on any atom is -0.412 e. The summed E-state index contributed by atoms with van der Waals surface area (Å²) in [4.78, 5) is 18.8. The summed E-state index contributed by atoms with van der Waals surface area (Å²) in [5, 5.41) is 11.1. The van der Waals surface area contributed by atoms with E-state index in [1.54, 1.807) is 11.1 Å². The number of nitro groups is 1. The molecule has 0 saturated carbocycles. The summed E-state index contributed by atoms with van der Waals surface area (Å²) in [7, 11) is -1.80. The highest BCUT2D eigenvalue weighted by Gasteiger charge is 2.41. The molecule has 3 heterocycles. The average Bonchev–Trinajstić information content (AvgIpc) is 3.22. The topological polar surface area (TPSA) is 94.1 Å². The van der Waals surface area contributed by atoms with Crippen LogP contribution in [0.25, 0.3) is 0 Å². The average molecular weight is 399 g/mol. The lowest BCUT2D eigenvalue weighted by Gasteiger charge is -2.38. The quantitative estimate of drug-likeness (QED) is 0.424. The third-order valence-corrected chi connectivity index (χ3v) is 10.3. The van der Waals surface area contributed by atoms with Gasteiger partial charge in [0.05, 0.1) is 23.8 Å². The molecule has 0 bridgehead atoms. The van der Waals surface area contributed by atoms with Crippen LogP contribution in [0.15, 0.2) is 10.6 Å². The molecule has 2 atom stereocenters. The maximum Gasteiger partial charge on any atom is 0.333 e. The zero-order valence-corrected chi connectivity index (χ0v) is 17.8. The number of aromatic nitrogens is 1. The van der Waals surface area contributed by atoms with E-state index in [1.807, 2.05) is 0 Å². The van der Waals surface area contributed by atoms with Crippen molar-refractivity contribution in [2.45, 2.75) is 57.7 Å². The van der Waals surface area contributed by atoms with Crippen molar-refractivity contribution in [2.24, 2.45) is 0 Å². The van der Waals surface area contributed by atoms with Crippen LogP contribution in [-0.2, 0) is 9.16 Å². The van der Waals surface area contributed by atoms with Crippen molar-refractivity contribution in [3.05, 3.63) is 16.3 Å². The Balaban J connectivity index is 1.60. The highest BCUT2D eigenvalue weighted by atomic mass is 28.4. The van der Waals surface area contributed by atoms with Crippen LogP contribution in [0.3, 0.4) is 0 Å². The van der Waals surface area contributed by atoms with Gasteiger partial charge >= 0.3 is 6.23 Å². The zero-order chi connectivity index (χ0) is 19.8. The van der Waals surface area contributed by atoms with Crippen molar-refractivity contribution in [3.8, 4) is 0 Å². The molecule has 1 aromatic heterocycles. The van der Waals surface area contributed by atoms with Crippen molar-refractivity contribution in [1.29, 1.82) is 0 Å². The Labute approximate surface area is 160 Å². The van der Waals surface area contributed by atoms with Gasteiger partial charge in [-0.3, -0.25) is 10.1 Å². The van der Waals surface area contributed by atoms with E-state index in [9.17, 15) is 10.1 Å². The molecule has 0 aliphatic carbocycles. The molecule has 2 fully saturated rings. The van der Waals surface area contributed by atoms with Crippen LogP contribution < -0.4 is 9.80 Å². The van der Waals surface area contributed by atoms with Gasteiger partial charge in [-0.1, -0.05) is 20.8 Å². The minimum atomic E-state index is -1.80. The highest BCUT2D eigenvalue weighted by Crippen LogP contribution is 2.38. The van der Waals surface area contributed by atoms with Gasteiger partial charge in [-0.2, -0.15) is 4.98 Å². The lowest BCUT2D eigenvalue weighted by atomic mass is 10.2. The van der Waals surface area contributed by atoms with Gasteiger partial charge < -0.3 is 23.4 Å². The maximum atomic E-state index is 11.0. The number of nitrogens with zero attached hydrogens (tertiary/aromatic N) is 4. The van der Waals surface area contributed by atoms with Gasteiger partial charge in [0.2, 0.25) is 5.88 Å². The summed E-state index contributed by atoms with van der Waals surface area (Å²) < 4.78 is 17.6. The normalized spacial score (nSPS) is 24.5. The summed E-state index contributed by atoms with van der Waals surface area (Å²) >= 11 is 0. The molecular weight excluding hydrogens is 368 g/mol. The lowest BCUT2D eigenvalue weighted by molar-refractivity contribution is -0.574. The third kappa shape index (κ3) is 4.44. The molecular formula is C17H30N4O5Si. The van der Waals surface area contributed by atoms with Gasteiger partial charge in [-0.15, -0.1) is 0 Å². The fourth-order valence-corrected chi connectivity index (χ4v) is 4.48. The Hall–Kier alpha value is -1.65. The van der Waals surface area contributed by atoms with E-state index < -0.39 is 19.5 Å². The van der Waals surface area contributed by atoms with Gasteiger partial charge in [0, 0.05) is 19.6 Å². The van der Waals surface area contributed by atoms with Crippen molar-refractivity contribution in [3.63, 3.8) is 0 Å². The number of anilines is 2. The van der Waals surface area contributed by atoms with E-state index in [0.29, 0.717) is 18.4 Å². The molecule has 0 spiro atoms. The molecule has 0 aromatic carbocycles. The first-order valence-corrected chi connectivity index (χ1v) is 12.4.